The Morgan fingerprint density at radius 3 is 2.43 bits per heavy atom. The Kier molecular flexibility index (Phi) is 11.2. The zero-order chi connectivity index (χ0) is 20.2. The molecule has 1 fully saturated rings. The van der Waals surface area contributed by atoms with E-state index in [1.165, 1.54) is 11.8 Å². The van der Waals surface area contributed by atoms with Crippen LogP contribution < -0.4 is 0 Å². The summed E-state index contributed by atoms with van der Waals surface area (Å²) in [5.41, 5.74) is 0.0912. The minimum absolute atomic E-state index is 0.00930. The fourth-order valence-electron chi connectivity index (χ4n) is 2.37. The summed E-state index contributed by atoms with van der Waals surface area (Å²) in [7, 11) is 0. The van der Waals surface area contributed by atoms with Crippen molar-refractivity contribution in [3.8, 4) is 0 Å². The molecule has 0 aromatic carbocycles. The van der Waals surface area contributed by atoms with Gasteiger partial charge in [-0.3, -0.25) is 0 Å². The molecule has 162 valence electrons. The molecule has 0 bridgehead atoms. The van der Waals surface area contributed by atoms with E-state index in [-0.39, 0.29) is 13.2 Å². The van der Waals surface area contributed by atoms with Crippen LogP contribution in [0.5, 0.6) is 0 Å². The Hall–Kier alpha value is -0.830. The van der Waals surface area contributed by atoms with E-state index in [2.05, 4.69) is 10.3 Å². The summed E-state index contributed by atoms with van der Waals surface area (Å²) < 4.78 is 22.8. The first kappa shape index (κ1) is 23.4. The van der Waals surface area contributed by atoms with E-state index in [1.54, 1.807) is 10.9 Å². The Balaban J connectivity index is 1.53. The zero-order valence-corrected chi connectivity index (χ0v) is 16.4. The Morgan fingerprint density at radius 1 is 1.04 bits per heavy atom. The molecule has 0 saturated carbocycles. The molecule has 28 heavy (non-hydrogen) atoms. The lowest BCUT2D eigenvalue weighted by molar-refractivity contribution is -0.161. The minimum atomic E-state index is -1.21. The van der Waals surface area contributed by atoms with E-state index in [0.717, 1.165) is 0 Å². The van der Waals surface area contributed by atoms with Gasteiger partial charge in [0.15, 0.2) is 0 Å². The van der Waals surface area contributed by atoms with Gasteiger partial charge in [0.2, 0.25) is 0 Å². The predicted molar refractivity (Wildman–Crippen MR) is 98.6 cm³/mol. The molecule has 4 unspecified atom stereocenters. The van der Waals surface area contributed by atoms with Crippen LogP contribution in [-0.2, 0) is 31.2 Å². The van der Waals surface area contributed by atoms with Gasteiger partial charge in [-0.15, -0.1) is 16.9 Å². The molecule has 1 aliphatic heterocycles. The number of hydrogen-bond acceptors (Lipinski definition) is 11. The van der Waals surface area contributed by atoms with Crippen molar-refractivity contribution in [1.29, 1.82) is 0 Å². The number of aromatic nitrogens is 3. The van der Waals surface area contributed by atoms with Crippen LogP contribution in [0.1, 0.15) is 5.69 Å². The van der Waals surface area contributed by atoms with Gasteiger partial charge in [-0.1, -0.05) is 5.21 Å². The largest absolute Gasteiger partial charge is 0.394 e. The summed E-state index contributed by atoms with van der Waals surface area (Å²) in [5.74, 6) is 0.456. The second-order valence-corrected chi connectivity index (χ2v) is 7.18. The van der Waals surface area contributed by atoms with Crippen molar-refractivity contribution in [3.63, 3.8) is 0 Å². The van der Waals surface area contributed by atoms with Gasteiger partial charge < -0.3 is 39.4 Å². The summed E-state index contributed by atoms with van der Waals surface area (Å²) in [6.07, 6.45) is -1.65. The Bertz CT molecular complexity index is 538. The smallest absolute Gasteiger partial charge is 0.132 e. The fraction of sp³-hybridized carbons (Fsp3) is 0.875. The standard InChI is InChI=1S/C16H29N3O8S/c20-2-4-25-6-8-26-7-5-24-3-1-19-9-12(17-18-19)11-28-16-15(23)14(22)13(21)10-27-16/h9,13-16,20-23H,1-8,10-11H2. The van der Waals surface area contributed by atoms with Gasteiger partial charge in [0.05, 0.1) is 65.1 Å². The molecule has 2 heterocycles. The number of ether oxygens (including phenoxy) is 4. The molecule has 12 heteroatoms. The van der Waals surface area contributed by atoms with Crippen molar-refractivity contribution in [3.05, 3.63) is 11.9 Å². The molecule has 0 amide bonds. The number of aliphatic hydroxyl groups excluding tert-OH is 4. The van der Waals surface area contributed by atoms with Gasteiger partial charge in [-0.2, -0.15) is 0 Å². The van der Waals surface area contributed by atoms with E-state index in [0.29, 0.717) is 57.6 Å². The number of hydrogen-bond donors (Lipinski definition) is 4. The second-order valence-electron chi connectivity index (χ2n) is 6.09. The molecular weight excluding hydrogens is 394 g/mol. The van der Waals surface area contributed by atoms with Crippen LogP contribution in [-0.4, -0.2) is 112 Å². The van der Waals surface area contributed by atoms with Crippen LogP contribution in [0.2, 0.25) is 0 Å². The van der Waals surface area contributed by atoms with Crippen LogP contribution in [0.25, 0.3) is 0 Å². The average molecular weight is 423 g/mol. The maximum Gasteiger partial charge on any atom is 0.132 e. The van der Waals surface area contributed by atoms with Crippen LogP contribution in [0.4, 0.5) is 0 Å². The van der Waals surface area contributed by atoms with Crippen molar-refractivity contribution in [1.82, 2.24) is 15.0 Å². The van der Waals surface area contributed by atoms with Crippen molar-refractivity contribution in [2.75, 3.05) is 52.9 Å². The van der Waals surface area contributed by atoms with E-state index >= 15 is 0 Å². The third-order valence-electron chi connectivity index (χ3n) is 3.88. The lowest BCUT2D eigenvalue weighted by Gasteiger charge is -2.34. The Morgan fingerprint density at radius 2 is 1.71 bits per heavy atom. The summed E-state index contributed by atoms with van der Waals surface area (Å²) in [6.45, 7) is 3.16. The first-order valence-electron chi connectivity index (χ1n) is 9.12. The third kappa shape index (κ3) is 8.27. The first-order valence-corrected chi connectivity index (χ1v) is 10.2. The van der Waals surface area contributed by atoms with Gasteiger partial charge in [-0.25, -0.2) is 4.68 Å². The molecule has 0 spiro atoms. The normalized spacial score (nSPS) is 25.3. The monoisotopic (exact) mass is 423 g/mol. The predicted octanol–water partition coefficient (Wildman–Crippen LogP) is -2.01. The molecule has 1 saturated heterocycles. The summed E-state index contributed by atoms with van der Waals surface area (Å²) in [4.78, 5) is 0. The number of rotatable bonds is 14. The zero-order valence-electron chi connectivity index (χ0n) is 15.6. The third-order valence-corrected chi connectivity index (χ3v) is 5.09. The van der Waals surface area contributed by atoms with Crippen molar-refractivity contribution in [2.24, 2.45) is 0 Å². The lowest BCUT2D eigenvalue weighted by atomic mass is 10.1. The van der Waals surface area contributed by atoms with Gasteiger partial charge in [-0.05, 0) is 0 Å². The van der Waals surface area contributed by atoms with Crippen LogP contribution in [0.3, 0.4) is 0 Å². The van der Waals surface area contributed by atoms with E-state index in [1.807, 2.05) is 0 Å². The van der Waals surface area contributed by atoms with Crippen LogP contribution in [0.15, 0.2) is 6.20 Å². The van der Waals surface area contributed by atoms with Crippen molar-refractivity contribution in [2.45, 2.75) is 36.0 Å². The van der Waals surface area contributed by atoms with Crippen LogP contribution >= 0.6 is 11.8 Å². The number of thioether (sulfide) groups is 1. The quantitative estimate of drug-likeness (QED) is 0.246. The van der Waals surface area contributed by atoms with E-state index in [9.17, 15) is 15.3 Å². The molecule has 1 aromatic rings. The second kappa shape index (κ2) is 13.4. The average Bonchev–Trinajstić information content (AvgIpc) is 3.15. The van der Waals surface area contributed by atoms with Gasteiger partial charge in [0.1, 0.15) is 23.7 Å². The highest BCUT2D eigenvalue weighted by atomic mass is 32.2. The maximum absolute atomic E-state index is 9.91. The lowest BCUT2D eigenvalue weighted by Crippen LogP contribution is -2.51. The number of nitrogens with zero attached hydrogens (tertiary/aromatic N) is 3. The molecule has 4 atom stereocenters. The fourth-order valence-corrected chi connectivity index (χ4v) is 3.37. The van der Waals surface area contributed by atoms with Crippen molar-refractivity contribution < 1.29 is 39.4 Å². The van der Waals surface area contributed by atoms with Gasteiger partial charge >= 0.3 is 0 Å². The summed E-state index contributed by atoms with van der Waals surface area (Å²) >= 11 is 1.29. The minimum Gasteiger partial charge on any atom is -0.394 e. The molecule has 0 aliphatic carbocycles. The highest BCUT2D eigenvalue weighted by molar-refractivity contribution is 7.99. The maximum atomic E-state index is 9.91. The molecule has 2 rings (SSSR count). The van der Waals surface area contributed by atoms with Crippen LogP contribution in [0, 0.1) is 0 Å². The summed E-state index contributed by atoms with van der Waals surface area (Å²) in [5, 5.41) is 45.6. The van der Waals surface area contributed by atoms with Gasteiger partial charge in [0.25, 0.3) is 0 Å². The summed E-state index contributed by atoms with van der Waals surface area (Å²) in [6, 6.07) is 0. The first-order chi connectivity index (χ1) is 13.6. The molecule has 1 aliphatic rings. The van der Waals surface area contributed by atoms with Gasteiger partial charge in [0, 0.05) is 11.9 Å². The van der Waals surface area contributed by atoms with Crippen molar-refractivity contribution >= 4 is 11.8 Å². The highest BCUT2D eigenvalue weighted by Gasteiger charge is 2.37. The number of aliphatic hydroxyl groups is 4. The highest BCUT2D eigenvalue weighted by Crippen LogP contribution is 2.26. The SMILES string of the molecule is OCCOCCOCCOCCn1cc(CSC2OCC(O)C(O)C2O)nn1. The molecule has 11 nitrogen and oxygen atoms in total. The topological polar surface area (TPSA) is 149 Å². The van der Waals surface area contributed by atoms with E-state index < -0.39 is 23.7 Å². The molecule has 1 aromatic heterocycles. The molecule has 4 N–H and O–H groups in total. The molecular formula is C16H29N3O8S. The van der Waals surface area contributed by atoms with E-state index in [4.69, 9.17) is 24.1 Å². The Labute approximate surface area is 167 Å². The molecule has 0 radical (unpaired) electrons.